The van der Waals surface area contributed by atoms with Crippen LogP contribution in [0.5, 0.6) is 0 Å². The van der Waals surface area contributed by atoms with Crippen molar-refractivity contribution in [3.8, 4) is 0 Å². The Balaban J connectivity index is 1.62. The summed E-state index contributed by atoms with van der Waals surface area (Å²) in [4.78, 5) is 13.8. The van der Waals surface area contributed by atoms with Gasteiger partial charge in [-0.15, -0.1) is 0 Å². The van der Waals surface area contributed by atoms with E-state index in [-0.39, 0.29) is 12.1 Å². The quantitative estimate of drug-likeness (QED) is 0.469. The number of benzene rings is 1. The third kappa shape index (κ3) is 4.04. The molecule has 1 fully saturated rings. The van der Waals surface area contributed by atoms with Crippen LogP contribution < -0.4 is 21.9 Å². The smallest absolute Gasteiger partial charge is 0.241 e. The number of anilines is 3. The summed E-state index contributed by atoms with van der Waals surface area (Å²) in [7, 11) is 0. The summed E-state index contributed by atoms with van der Waals surface area (Å²) >= 11 is 6.11. The SMILES string of the molecule is CCn1cnc2c(Nc3cccc(Cl)c3)nc(NN[C@@H]3CCCC[C@@H]3N)nc21. The first kappa shape index (κ1) is 18.9. The molecule has 9 heteroatoms. The Morgan fingerprint density at radius 2 is 2.11 bits per heavy atom. The Bertz CT molecular complexity index is 956. The molecule has 2 atom stereocenters. The van der Waals surface area contributed by atoms with Crippen molar-refractivity contribution < 1.29 is 0 Å². The summed E-state index contributed by atoms with van der Waals surface area (Å²) in [5.41, 5.74) is 15.0. The van der Waals surface area contributed by atoms with Gasteiger partial charge in [0, 0.05) is 29.3 Å². The van der Waals surface area contributed by atoms with Crippen molar-refractivity contribution >= 4 is 40.2 Å². The standard InChI is InChI=1S/C19H25ClN8/c1-2-28-11-22-16-17(23-13-7-5-6-12(20)10-13)24-19(25-18(16)28)27-26-15-9-4-3-8-14(15)21/h5-7,10-11,14-15,26H,2-4,8-9,21H2,1H3,(H2,23,24,25,27)/t14-,15+/m0/s1. The van der Waals surface area contributed by atoms with Gasteiger partial charge in [-0.3, -0.25) is 5.43 Å². The minimum atomic E-state index is 0.134. The van der Waals surface area contributed by atoms with Crippen LogP contribution >= 0.6 is 11.6 Å². The second kappa shape index (κ2) is 8.30. The second-order valence-corrected chi connectivity index (χ2v) is 7.49. The third-order valence-corrected chi connectivity index (χ3v) is 5.32. The summed E-state index contributed by atoms with van der Waals surface area (Å²) in [6, 6.07) is 7.84. The predicted molar refractivity (Wildman–Crippen MR) is 113 cm³/mol. The molecule has 5 N–H and O–H groups in total. The number of fused-ring (bicyclic) bond motifs is 1. The van der Waals surface area contributed by atoms with E-state index in [1.807, 2.05) is 28.8 Å². The molecule has 148 valence electrons. The van der Waals surface area contributed by atoms with E-state index in [9.17, 15) is 0 Å². The van der Waals surface area contributed by atoms with E-state index in [1.165, 1.54) is 12.8 Å². The van der Waals surface area contributed by atoms with Gasteiger partial charge < -0.3 is 15.6 Å². The highest BCUT2D eigenvalue weighted by Crippen LogP contribution is 2.26. The zero-order chi connectivity index (χ0) is 19.5. The Labute approximate surface area is 168 Å². The Morgan fingerprint density at radius 1 is 1.25 bits per heavy atom. The van der Waals surface area contributed by atoms with Crippen molar-refractivity contribution in [1.82, 2.24) is 24.9 Å². The topological polar surface area (TPSA) is 106 Å². The van der Waals surface area contributed by atoms with E-state index < -0.39 is 0 Å². The Morgan fingerprint density at radius 3 is 2.89 bits per heavy atom. The van der Waals surface area contributed by atoms with E-state index in [0.29, 0.717) is 22.3 Å². The number of hydrazine groups is 1. The van der Waals surface area contributed by atoms with Crippen molar-refractivity contribution in [2.45, 2.75) is 51.2 Å². The lowest BCUT2D eigenvalue weighted by Gasteiger charge is -2.29. The lowest BCUT2D eigenvalue weighted by atomic mass is 9.92. The lowest BCUT2D eigenvalue weighted by molar-refractivity contribution is 0.342. The highest BCUT2D eigenvalue weighted by atomic mass is 35.5. The van der Waals surface area contributed by atoms with E-state index in [0.717, 1.165) is 30.7 Å². The van der Waals surface area contributed by atoms with Crippen LogP contribution in [-0.4, -0.2) is 31.6 Å². The van der Waals surface area contributed by atoms with Crippen LogP contribution in [0.3, 0.4) is 0 Å². The van der Waals surface area contributed by atoms with Gasteiger partial charge in [0.05, 0.1) is 6.33 Å². The number of nitrogens with zero attached hydrogens (tertiary/aromatic N) is 4. The number of imidazole rings is 1. The molecule has 8 nitrogen and oxygen atoms in total. The Kier molecular flexibility index (Phi) is 5.61. The first-order valence-electron chi connectivity index (χ1n) is 9.66. The molecule has 4 rings (SSSR count). The average Bonchev–Trinajstić information content (AvgIpc) is 3.11. The van der Waals surface area contributed by atoms with E-state index in [2.05, 4.69) is 38.0 Å². The zero-order valence-electron chi connectivity index (χ0n) is 15.8. The molecule has 0 unspecified atom stereocenters. The van der Waals surface area contributed by atoms with Gasteiger partial charge in [0.25, 0.3) is 0 Å². The third-order valence-electron chi connectivity index (χ3n) is 5.08. The number of aryl methyl sites for hydroxylation is 1. The van der Waals surface area contributed by atoms with Crippen LogP contribution in [0.4, 0.5) is 17.5 Å². The molecular formula is C19H25ClN8. The van der Waals surface area contributed by atoms with Crippen molar-refractivity contribution in [1.29, 1.82) is 0 Å². The van der Waals surface area contributed by atoms with Crippen LogP contribution in [0, 0.1) is 0 Å². The molecule has 0 bridgehead atoms. The maximum Gasteiger partial charge on any atom is 0.241 e. The molecular weight excluding hydrogens is 376 g/mol. The molecule has 1 aromatic carbocycles. The molecule has 2 heterocycles. The van der Waals surface area contributed by atoms with Gasteiger partial charge >= 0.3 is 0 Å². The van der Waals surface area contributed by atoms with Gasteiger partial charge in [0.1, 0.15) is 0 Å². The van der Waals surface area contributed by atoms with Gasteiger partial charge in [-0.2, -0.15) is 9.97 Å². The van der Waals surface area contributed by atoms with E-state index >= 15 is 0 Å². The zero-order valence-corrected chi connectivity index (χ0v) is 16.6. The largest absolute Gasteiger partial charge is 0.338 e. The number of hydrogen-bond donors (Lipinski definition) is 4. The number of halogens is 1. The highest BCUT2D eigenvalue weighted by Gasteiger charge is 2.22. The number of rotatable bonds is 6. The van der Waals surface area contributed by atoms with Crippen molar-refractivity contribution in [3.63, 3.8) is 0 Å². The number of nitrogens with one attached hydrogen (secondary N) is 3. The number of nitrogens with two attached hydrogens (primary N) is 1. The van der Waals surface area contributed by atoms with Crippen LogP contribution in [-0.2, 0) is 6.54 Å². The van der Waals surface area contributed by atoms with Gasteiger partial charge in [-0.1, -0.05) is 30.5 Å². The van der Waals surface area contributed by atoms with Crippen molar-refractivity contribution in [3.05, 3.63) is 35.6 Å². The predicted octanol–water partition coefficient (Wildman–Crippen LogP) is 3.43. The normalized spacial score (nSPS) is 19.7. The Hall–Kier alpha value is -2.42. The van der Waals surface area contributed by atoms with Crippen molar-refractivity contribution in [2.24, 2.45) is 5.73 Å². The van der Waals surface area contributed by atoms with Gasteiger partial charge in [-0.25, -0.2) is 10.4 Å². The molecule has 0 saturated heterocycles. The lowest BCUT2D eigenvalue weighted by Crippen LogP contribution is -2.49. The molecule has 0 spiro atoms. The second-order valence-electron chi connectivity index (χ2n) is 7.06. The molecule has 1 aliphatic carbocycles. The minimum Gasteiger partial charge on any atom is -0.338 e. The van der Waals surface area contributed by atoms with E-state index in [1.54, 1.807) is 6.33 Å². The minimum absolute atomic E-state index is 0.134. The first-order valence-corrected chi connectivity index (χ1v) is 10.0. The summed E-state index contributed by atoms with van der Waals surface area (Å²) < 4.78 is 1.98. The number of hydrogen-bond acceptors (Lipinski definition) is 7. The van der Waals surface area contributed by atoms with Gasteiger partial charge in [-0.05, 0) is 38.0 Å². The molecule has 3 aromatic rings. The highest BCUT2D eigenvalue weighted by molar-refractivity contribution is 6.30. The number of aromatic nitrogens is 4. The molecule has 1 saturated carbocycles. The molecule has 0 amide bonds. The van der Waals surface area contributed by atoms with Crippen LogP contribution in [0.15, 0.2) is 30.6 Å². The maximum atomic E-state index is 6.23. The maximum absolute atomic E-state index is 6.23. The fraction of sp³-hybridized carbons (Fsp3) is 0.421. The summed E-state index contributed by atoms with van der Waals surface area (Å²) in [6.07, 6.45) is 6.21. The fourth-order valence-corrected chi connectivity index (χ4v) is 3.71. The summed E-state index contributed by atoms with van der Waals surface area (Å²) in [5, 5.41) is 3.96. The van der Waals surface area contributed by atoms with Crippen molar-refractivity contribution in [2.75, 3.05) is 10.7 Å². The molecule has 28 heavy (non-hydrogen) atoms. The van der Waals surface area contributed by atoms with Gasteiger partial charge in [0.2, 0.25) is 5.95 Å². The fourth-order valence-electron chi connectivity index (χ4n) is 3.52. The van der Waals surface area contributed by atoms with Crippen LogP contribution in [0.1, 0.15) is 32.6 Å². The molecule has 1 aliphatic rings. The van der Waals surface area contributed by atoms with Gasteiger partial charge in [0.15, 0.2) is 17.0 Å². The van der Waals surface area contributed by atoms with Crippen LogP contribution in [0.2, 0.25) is 5.02 Å². The summed E-state index contributed by atoms with van der Waals surface area (Å²) in [6.45, 7) is 2.82. The average molecular weight is 401 g/mol. The van der Waals surface area contributed by atoms with E-state index in [4.69, 9.17) is 17.3 Å². The molecule has 0 radical (unpaired) electrons. The van der Waals surface area contributed by atoms with Crippen LogP contribution in [0.25, 0.3) is 11.2 Å². The first-order chi connectivity index (χ1) is 13.6. The molecule has 0 aliphatic heterocycles. The molecule has 2 aromatic heterocycles. The summed E-state index contributed by atoms with van der Waals surface area (Å²) in [5.74, 6) is 1.10. The monoisotopic (exact) mass is 400 g/mol.